The van der Waals surface area contributed by atoms with Gasteiger partial charge < -0.3 is 16.3 Å². The quantitative estimate of drug-likeness (QED) is 0.332. The molecule has 1 heterocycles. The maximum atomic E-state index is 12.3. The summed E-state index contributed by atoms with van der Waals surface area (Å²) >= 11 is 0. The highest BCUT2D eigenvalue weighted by atomic mass is 16.4. The zero-order valence-electron chi connectivity index (χ0n) is 11.2. The molecule has 0 atom stereocenters. The minimum absolute atomic E-state index is 0.0860. The highest BCUT2D eigenvalue weighted by Crippen LogP contribution is 2.15. The summed E-state index contributed by atoms with van der Waals surface area (Å²) in [7, 11) is 0. The van der Waals surface area contributed by atoms with Crippen LogP contribution in [0.5, 0.6) is 0 Å². The highest BCUT2D eigenvalue weighted by molar-refractivity contribution is 6.06. The van der Waals surface area contributed by atoms with Crippen molar-refractivity contribution in [1.82, 2.24) is 15.3 Å². The number of aromatic nitrogens is 2. The first-order chi connectivity index (χ1) is 9.45. The number of rotatable bonds is 3. The molecule has 1 aromatic heterocycles. The summed E-state index contributed by atoms with van der Waals surface area (Å²) in [5.74, 6) is -0.454. The zero-order chi connectivity index (χ0) is 14.8. The van der Waals surface area contributed by atoms with E-state index in [1.54, 1.807) is 38.2 Å². The van der Waals surface area contributed by atoms with Crippen molar-refractivity contribution >= 4 is 22.8 Å². The Morgan fingerprint density at radius 2 is 2.05 bits per heavy atom. The molecule has 2 rings (SSSR count). The molecule has 0 radical (unpaired) electrons. The molecule has 0 saturated carbocycles. The third kappa shape index (κ3) is 2.51. The minimum atomic E-state index is -0.976. The molecule has 0 fully saturated rings. The average Bonchev–Trinajstić information content (AvgIpc) is 2.45. The van der Waals surface area contributed by atoms with Crippen molar-refractivity contribution in [3.05, 3.63) is 36.2 Å². The van der Waals surface area contributed by atoms with E-state index in [2.05, 4.69) is 20.4 Å². The van der Waals surface area contributed by atoms with E-state index < -0.39 is 5.54 Å². The maximum absolute atomic E-state index is 12.3. The normalized spacial score (nSPS) is 12.4. The number of carbonyl (C=O) groups excluding carboxylic acids is 1. The van der Waals surface area contributed by atoms with Crippen LogP contribution >= 0.6 is 0 Å². The number of carbonyl (C=O) groups is 1. The van der Waals surface area contributed by atoms with Gasteiger partial charge >= 0.3 is 0 Å². The van der Waals surface area contributed by atoms with E-state index in [4.69, 9.17) is 10.9 Å². The summed E-state index contributed by atoms with van der Waals surface area (Å²) in [5.41, 5.74) is 6.08. The molecule has 1 amide bonds. The maximum Gasteiger partial charge on any atom is 0.254 e. The number of hydrogen-bond acceptors (Lipinski definition) is 5. The Balaban J connectivity index is 2.38. The number of nitrogens with one attached hydrogen (secondary N) is 1. The van der Waals surface area contributed by atoms with Gasteiger partial charge in [-0.1, -0.05) is 11.2 Å². The van der Waals surface area contributed by atoms with E-state index in [9.17, 15) is 4.79 Å². The summed E-state index contributed by atoms with van der Waals surface area (Å²) in [6.45, 7) is 3.27. The second-order valence-corrected chi connectivity index (χ2v) is 4.79. The zero-order valence-corrected chi connectivity index (χ0v) is 11.2. The van der Waals surface area contributed by atoms with Crippen LogP contribution in [0.25, 0.3) is 11.0 Å². The number of amidine groups is 1. The molecule has 4 N–H and O–H groups in total. The van der Waals surface area contributed by atoms with Crippen LogP contribution in [0.15, 0.2) is 35.7 Å². The number of nitrogens with two attached hydrogens (primary N) is 1. The Morgan fingerprint density at radius 3 is 2.75 bits per heavy atom. The number of para-hydroxylation sites is 1. The average molecular weight is 273 g/mol. The predicted octanol–water partition coefficient (Wildman–Crippen LogP) is 0.885. The lowest BCUT2D eigenvalue weighted by Gasteiger charge is -2.24. The predicted molar refractivity (Wildman–Crippen MR) is 74.5 cm³/mol. The molecule has 0 unspecified atom stereocenters. The van der Waals surface area contributed by atoms with Crippen LogP contribution in [0.1, 0.15) is 24.2 Å². The number of benzene rings is 1. The topological polar surface area (TPSA) is 113 Å². The van der Waals surface area contributed by atoms with Crippen molar-refractivity contribution in [3.8, 4) is 0 Å². The van der Waals surface area contributed by atoms with Crippen LogP contribution in [-0.2, 0) is 0 Å². The van der Waals surface area contributed by atoms with E-state index in [1.807, 2.05) is 0 Å². The van der Waals surface area contributed by atoms with E-state index >= 15 is 0 Å². The lowest BCUT2D eigenvalue weighted by Crippen LogP contribution is -2.53. The van der Waals surface area contributed by atoms with Crippen molar-refractivity contribution in [3.63, 3.8) is 0 Å². The van der Waals surface area contributed by atoms with Gasteiger partial charge in [0.1, 0.15) is 5.52 Å². The van der Waals surface area contributed by atoms with Gasteiger partial charge in [0.2, 0.25) is 0 Å². The molecule has 0 aliphatic heterocycles. The highest BCUT2D eigenvalue weighted by Gasteiger charge is 2.27. The Hall–Kier alpha value is -2.70. The van der Waals surface area contributed by atoms with Gasteiger partial charge in [-0.3, -0.25) is 14.8 Å². The summed E-state index contributed by atoms with van der Waals surface area (Å²) < 4.78 is 0. The fraction of sp³-hybridized carbons (Fsp3) is 0.231. The molecule has 7 nitrogen and oxygen atoms in total. The molecule has 7 heteroatoms. The Bertz CT molecular complexity index is 676. The lowest BCUT2D eigenvalue weighted by molar-refractivity contribution is 0.0932. The molecule has 1 aromatic carbocycles. The molecule has 104 valence electrons. The molecule has 0 aliphatic rings. The minimum Gasteiger partial charge on any atom is -0.409 e. The lowest BCUT2D eigenvalue weighted by atomic mass is 10.0. The molecule has 2 aromatic rings. The summed E-state index contributed by atoms with van der Waals surface area (Å²) in [6.07, 6.45) is 3.08. The first kappa shape index (κ1) is 13.7. The third-order valence-electron chi connectivity index (χ3n) is 2.92. The summed E-state index contributed by atoms with van der Waals surface area (Å²) in [5, 5.41) is 14.3. The van der Waals surface area contributed by atoms with E-state index in [0.29, 0.717) is 16.6 Å². The van der Waals surface area contributed by atoms with Gasteiger partial charge in [-0.25, -0.2) is 0 Å². The third-order valence-corrected chi connectivity index (χ3v) is 2.92. The van der Waals surface area contributed by atoms with Crippen molar-refractivity contribution < 1.29 is 10.0 Å². The van der Waals surface area contributed by atoms with Crippen LogP contribution in [0, 0.1) is 0 Å². The van der Waals surface area contributed by atoms with Gasteiger partial charge in [-0.05, 0) is 26.0 Å². The van der Waals surface area contributed by atoms with Crippen molar-refractivity contribution in [2.75, 3.05) is 0 Å². The fourth-order valence-electron chi connectivity index (χ4n) is 1.72. The van der Waals surface area contributed by atoms with Gasteiger partial charge in [0.25, 0.3) is 5.91 Å². The van der Waals surface area contributed by atoms with E-state index in [-0.39, 0.29) is 11.7 Å². The van der Waals surface area contributed by atoms with Crippen LogP contribution in [0.3, 0.4) is 0 Å². The largest absolute Gasteiger partial charge is 0.409 e. The second-order valence-electron chi connectivity index (χ2n) is 4.79. The standard InChI is InChI=1S/C13H15N5O2/c1-13(2,12(14)18-20)17-11(19)8-4-3-5-9-10(8)16-7-6-15-9/h3-7,20H,1-2H3,(H2,14,18)(H,17,19). The SMILES string of the molecule is CC(C)(NC(=O)c1cccc2nccnc12)/C(N)=N/O. The summed E-state index contributed by atoms with van der Waals surface area (Å²) in [4.78, 5) is 20.6. The van der Waals surface area contributed by atoms with Gasteiger partial charge in [0, 0.05) is 12.4 Å². The smallest absolute Gasteiger partial charge is 0.254 e. The molecule has 0 spiro atoms. The first-order valence-corrected chi connectivity index (χ1v) is 5.96. The van der Waals surface area contributed by atoms with Crippen LogP contribution in [0.4, 0.5) is 0 Å². The van der Waals surface area contributed by atoms with E-state index in [0.717, 1.165) is 0 Å². The molecule has 0 saturated heterocycles. The molecule has 0 aliphatic carbocycles. The number of amides is 1. The second kappa shape index (κ2) is 5.12. The van der Waals surface area contributed by atoms with Crippen molar-refractivity contribution in [1.29, 1.82) is 0 Å². The van der Waals surface area contributed by atoms with Gasteiger partial charge in [-0.15, -0.1) is 0 Å². The van der Waals surface area contributed by atoms with Crippen LogP contribution < -0.4 is 11.1 Å². The van der Waals surface area contributed by atoms with Crippen molar-refractivity contribution in [2.45, 2.75) is 19.4 Å². The molecule has 20 heavy (non-hydrogen) atoms. The fourth-order valence-corrected chi connectivity index (χ4v) is 1.72. The van der Waals surface area contributed by atoms with Crippen LogP contribution in [-0.4, -0.2) is 32.5 Å². The molecule has 0 bridgehead atoms. The molecular formula is C13H15N5O2. The van der Waals surface area contributed by atoms with Crippen molar-refractivity contribution in [2.24, 2.45) is 10.9 Å². The number of nitrogens with zero attached hydrogens (tertiary/aromatic N) is 3. The van der Waals surface area contributed by atoms with Gasteiger partial charge in [0.05, 0.1) is 16.6 Å². The first-order valence-electron chi connectivity index (χ1n) is 5.96. The summed E-state index contributed by atoms with van der Waals surface area (Å²) in [6, 6.07) is 5.14. The molecular weight excluding hydrogens is 258 g/mol. The van der Waals surface area contributed by atoms with E-state index in [1.165, 1.54) is 6.20 Å². The van der Waals surface area contributed by atoms with Gasteiger partial charge in [-0.2, -0.15) is 0 Å². The van der Waals surface area contributed by atoms with Gasteiger partial charge in [0.15, 0.2) is 5.84 Å². The number of fused-ring (bicyclic) bond motifs is 1. The number of hydrogen-bond donors (Lipinski definition) is 3. The van der Waals surface area contributed by atoms with Crippen LogP contribution in [0.2, 0.25) is 0 Å². The Kier molecular flexibility index (Phi) is 3.51. The Labute approximate surface area is 115 Å². The monoisotopic (exact) mass is 273 g/mol. The Morgan fingerprint density at radius 1 is 1.35 bits per heavy atom. The number of oxime groups is 1.